The molecule has 13 rings (SSSR count). The van der Waals surface area contributed by atoms with Gasteiger partial charge in [0.15, 0.2) is 0 Å². The number of benzene rings is 11. The third kappa shape index (κ3) is 4.80. The molecule has 11 aromatic carbocycles. The van der Waals surface area contributed by atoms with Crippen molar-refractivity contribution in [1.82, 2.24) is 0 Å². The van der Waals surface area contributed by atoms with Gasteiger partial charge in [-0.1, -0.05) is 182 Å². The minimum atomic E-state index is 0.911. The lowest BCUT2D eigenvalue weighted by Gasteiger charge is -2.18. The van der Waals surface area contributed by atoms with Crippen LogP contribution in [-0.2, 0) is 0 Å². The molecule has 278 valence electrons. The summed E-state index contributed by atoms with van der Waals surface area (Å²) < 4.78 is 9.01. The van der Waals surface area contributed by atoms with Crippen LogP contribution in [0, 0.1) is 0 Å². The number of para-hydroxylation sites is 1. The molecule has 0 aliphatic heterocycles. The van der Waals surface area contributed by atoms with Crippen molar-refractivity contribution in [1.29, 1.82) is 0 Å². The number of hydrogen-bond donors (Lipinski definition) is 0. The molecule has 0 aliphatic carbocycles. The van der Waals surface area contributed by atoms with E-state index in [0.717, 1.165) is 21.9 Å². The van der Waals surface area contributed by atoms with Crippen molar-refractivity contribution in [2.24, 2.45) is 0 Å². The molecule has 0 spiro atoms. The van der Waals surface area contributed by atoms with Crippen LogP contribution in [0.1, 0.15) is 0 Å². The summed E-state index contributed by atoms with van der Waals surface area (Å²) in [5, 5.41) is 14.9. The van der Waals surface area contributed by atoms with Crippen LogP contribution < -0.4 is 0 Å². The topological polar surface area (TPSA) is 13.1 Å². The molecule has 13 aromatic rings. The Morgan fingerprint density at radius 2 is 0.733 bits per heavy atom. The Labute approximate surface area is 350 Å². The molecule has 0 atom stereocenters. The second-order valence-corrected chi connectivity index (χ2v) is 16.9. The first-order chi connectivity index (χ1) is 29.8. The van der Waals surface area contributed by atoms with E-state index in [1.807, 2.05) is 17.4 Å². The third-order valence-corrected chi connectivity index (χ3v) is 13.9. The SMILES string of the molecule is c1ccc(-c2c3ccccc3c(-c3ccc4sc5c(-c6c7ccccc7c(-c7cccc8oc9ccccc9c78)c7ccccc67)cccc5c4c3)c3ccccc23)cc1. The Morgan fingerprint density at radius 1 is 0.283 bits per heavy atom. The fraction of sp³-hybridized carbons (Fsp3) is 0. The first-order valence-electron chi connectivity index (χ1n) is 20.6. The van der Waals surface area contributed by atoms with E-state index >= 15 is 0 Å². The Hall–Kier alpha value is -7.52. The molecule has 60 heavy (non-hydrogen) atoms. The maximum absolute atomic E-state index is 6.41. The molecule has 0 bridgehead atoms. The number of fused-ring (bicyclic) bond motifs is 10. The third-order valence-electron chi connectivity index (χ3n) is 12.7. The molecule has 0 N–H and O–H groups in total. The van der Waals surface area contributed by atoms with Gasteiger partial charge < -0.3 is 4.42 Å². The standard InChI is InChI=1S/C58H34OS/c1-2-16-35(17-3-1)53-37-18-4-6-20-39(37)54(40-21-7-5-19-38(40)53)36-32-33-52-49(34-36)45-27-14-29-48(58(45)60-52)56-43-24-10-8-22-41(43)55(42-23-9-11-25-44(42)56)47-28-15-31-51-57(47)46-26-12-13-30-50(46)59-51/h1-34H. The quantitative estimate of drug-likeness (QED) is 0.162. The van der Waals surface area contributed by atoms with Crippen molar-refractivity contribution in [3.05, 3.63) is 206 Å². The van der Waals surface area contributed by atoms with Gasteiger partial charge in [0.05, 0.1) is 0 Å². The molecule has 0 aliphatic rings. The summed E-state index contributed by atoms with van der Waals surface area (Å²) in [7, 11) is 0. The number of thiophene rings is 1. The van der Waals surface area contributed by atoms with E-state index in [-0.39, 0.29) is 0 Å². The van der Waals surface area contributed by atoms with Crippen LogP contribution in [0.3, 0.4) is 0 Å². The summed E-state index contributed by atoms with van der Waals surface area (Å²) in [6, 6.07) is 75.6. The zero-order valence-corrected chi connectivity index (χ0v) is 33.3. The van der Waals surface area contributed by atoms with Crippen LogP contribution in [0.5, 0.6) is 0 Å². The second-order valence-electron chi connectivity index (χ2n) is 15.8. The summed E-state index contributed by atoms with van der Waals surface area (Å²) >= 11 is 1.90. The van der Waals surface area contributed by atoms with E-state index in [1.165, 1.54) is 108 Å². The summed E-state index contributed by atoms with van der Waals surface area (Å²) in [6.07, 6.45) is 0. The molecule has 0 saturated heterocycles. The predicted octanol–water partition coefficient (Wildman–Crippen LogP) is 17.2. The monoisotopic (exact) mass is 778 g/mol. The largest absolute Gasteiger partial charge is 0.456 e. The second kappa shape index (κ2) is 13.0. The van der Waals surface area contributed by atoms with E-state index in [0.29, 0.717) is 0 Å². The first kappa shape index (κ1) is 33.5. The van der Waals surface area contributed by atoms with Gasteiger partial charge in [-0.15, -0.1) is 11.3 Å². The Bertz CT molecular complexity index is 3770. The molecule has 2 aromatic heterocycles. The lowest BCUT2D eigenvalue weighted by atomic mass is 9.84. The van der Waals surface area contributed by atoms with Gasteiger partial charge >= 0.3 is 0 Å². The summed E-state index contributed by atoms with van der Waals surface area (Å²) in [6.45, 7) is 0. The summed E-state index contributed by atoms with van der Waals surface area (Å²) in [4.78, 5) is 0. The summed E-state index contributed by atoms with van der Waals surface area (Å²) in [5.74, 6) is 0. The molecule has 1 nitrogen and oxygen atoms in total. The zero-order chi connectivity index (χ0) is 39.3. The molecular weight excluding hydrogens is 745 g/mol. The molecule has 0 saturated carbocycles. The van der Waals surface area contributed by atoms with Gasteiger partial charge in [-0.2, -0.15) is 0 Å². The van der Waals surface area contributed by atoms with Crippen LogP contribution in [0.25, 0.3) is 130 Å². The van der Waals surface area contributed by atoms with Crippen LogP contribution in [0.2, 0.25) is 0 Å². The van der Waals surface area contributed by atoms with Gasteiger partial charge in [-0.25, -0.2) is 0 Å². The van der Waals surface area contributed by atoms with E-state index in [2.05, 4.69) is 200 Å². The van der Waals surface area contributed by atoms with E-state index < -0.39 is 0 Å². The van der Waals surface area contributed by atoms with Crippen molar-refractivity contribution < 1.29 is 4.42 Å². The average molecular weight is 779 g/mol. The highest BCUT2D eigenvalue weighted by molar-refractivity contribution is 7.26. The highest BCUT2D eigenvalue weighted by atomic mass is 32.1. The van der Waals surface area contributed by atoms with Gasteiger partial charge in [0, 0.05) is 36.5 Å². The van der Waals surface area contributed by atoms with Crippen molar-refractivity contribution in [3.63, 3.8) is 0 Å². The molecule has 2 heterocycles. The van der Waals surface area contributed by atoms with Gasteiger partial charge in [-0.3, -0.25) is 0 Å². The number of hydrogen-bond acceptors (Lipinski definition) is 2. The maximum Gasteiger partial charge on any atom is 0.136 e. The summed E-state index contributed by atoms with van der Waals surface area (Å²) in [5.41, 5.74) is 11.9. The van der Waals surface area contributed by atoms with E-state index in [9.17, 15) is 0 Å². The molecule has 2 heteroatoms. The number of furan rings is 1. The van der Waals surface area contributed by atoms with Crippen LogP contribution >= 0.6 is 11.3 Å². The molecule has 0 unspecified atom stereocenters. The van der Waals surface area contributed by atoms with Crippen molar-refractivity contribution in [2.75, 3.05) is 0 Å². The highest BCUT2D eigenvalue weighted by Crippen LogP contribution is 2.51. The van der Waals surface area contributed by atoms with Gasteiger partial charge in [0.1, 0.15) is 11.2 Å². The van der Waals surface area contributed by atoms with Crippen LogP contribution in [0.15, 0.2) is 211 Å². The minimum absolute atomic E-state index is 0.911. The molecular formula is C58H34OS. The Morgan fingerprint density at radius 3 is 1.35 bits per heavy atom. The zero-order valence-electron chi connectivity index (χ0n) is 32.4. The minimum Gasteiger partial charge on any atom is -0.456 e. The smallest absolute Gasteiger partial charge is 0.136 e. The van der Waals surface area contributed by atoms with Gasteiger partial charge in [0.25, 0.3) is 0 Å². The average Bonchev–Trinajstić information content (AvgIpc) is 3.89. The van der Waals surface area contributed by atoms with Gasteiger partial charge in [0.2, 0.25) is 0 Å². The fourth-order valence-corrected chi connectivity index (χ4v) is 11.4. The van der Waals surface area contributed by atoms with E-state index in [4.69, 9.17) is 4.42 Å². The first-order valence-corrected chi connectivity index (χ1v) is 21.4. The lowest BCUT2D eigenvalue weighted by molar-refractivity contribution is 0.669. The molecule has 0 amide bonds. The Balaban J connectivity index is 1.06. The predicted molar refractivity (Wildman–Crippen MR) is 258 cm³/mol. The molecule has 0 fully saturated rings. The van der Waals surface area contributed by atoms with Gasteiger partial charge in [-0.05, 0) is 106 Å². The maximum atomic E-state index is 6.41. The van der Waals surface area contributed by atoms with Crippen LogP contribution in [-0.4, -0.2) is 0 Å². The van der Waals surface area contributed by atoms with Crippen molar-refractivity contribution in [2.45, 2.75) is 0 Å². The van der Waals surface area contributed by atoms with Crippen LogP contribution in [0.4, 0.5) is 0 Å². The van der Waals surface area contributed by atoms with Crippen molar-refractivity contribution in [3.8, 4) is 44.5 Å². The normalized spacial score (nSPS) is 12.0. The lowest BCUT2D eigenvalue weighted by Crippen LogP contribution is -1.91. The van der Waals surface area contributed by atoms with E-state index in [1.54, 1.807) is 0 Å². The fourth-order valence-electron chi connectivity index (χ4n) is 10.2. The van der Waals surface area contributed by atoms with Crippen molar-refractivity contribution >= 4 is 96.5 Å². The number of rotatable bonds is 4. The molecule has 0 radical (unpaired) electrons. The highest BCUT2D eigenvalue weighted by Gasteiger charge is 2.23. The Kier molecular flexibility index (Phi) is 7.24.